The number of aromatic nitrogens is 4. The van der Waals surface area contributed by atoms with Crippen molar-refractivity contribution in [1.29, 1.82) is 0 Å². The number of hydrogen-bond donors (Lipinski definition) is 0. The molecule has 2 aromatic carbocycles. The Hall–Kier alpha value is -2.53. The van der Waals surface area contributed by atoms with Crippen molar-refractivity contribution in [1.82, 2.24) is 19.6 Å². The number of rotatable bonds is 1. The maximum absolute atomic E-state index is 13.1. The molecule has 0 radical (unpaired) electrons. The van der Waals surface area contributed by atoms with E-state index >= 15 is 0 Å². The summed E-state index contributed by atoms with van der Waals surface area (Å²) in [5.74, 6) is 0.308. The molecule has 0 spiro atoms. The van der Waals surface area contributed by atoms with Gasteiger partial charge in [-0.05, 0) is 36.4 Å². The molecular weight excluding hydrogens is 291 g/mol. The minimum absolute atomic E-state index is 0.287. The SMILES string of the molecule is Fc1ccc(-c2nnc3c(Cl)nc4ccccc4n23)cc1. The van der Waals surface area contributed by atoms with Crippen LogP contribution in [0, 0.1) is 5.82 Å². The molecule has 0 N–H and O–H groups in total. The molecule has 0 atom stereocenters. The molecule has 2 aromatic heterocycles. The third kappa shape index (κ3) is 1.86. The van der Waals surface area contributed by atoms with Gasteiger partial charge in [0.25, 0.3) is 0 Å². The molecule has 0 bridgehead atoms. The van der Waals surface area contributed by atoms with E-state index in [9.17, 15) is 4.39 Å². The van der Waals surface area contributed by atoms with Crippen molar-refractivity contribution in [2.24, 2.45) is 0 Å². The van der Waals surface area contributed by atoms with E-state index in [1.165, 1.54) is 12.1 Å². The molecule has 2 heterocycles. The normalized spacial score (nSPS) is 11.3. The zero-order valence-electron chi connectivity index (χ0n) is 10.7. The first-order valence-corrected chi connectivity index (χ1v) is 6.67. The van der Waals surface area contributed by atoms with Crippen LogP contribution in [0.1, 0.15) is 0 Å². The zero-order chi connectivity index (χ0) is 14.4. The summed E-state index contributed by atoms with van der Waals surface area (Å²) in [6, 6.07) is 13.7. The zero-order valence-corrected chi connectivity index (χ0v) is 11.4. The lowest BCUT2D eigenvalue weighted by Crippen LogP contribution is -1.95. The Morgan fingerprint density at radius 3 is 2.52 bits per heavy atom. The van der Waals surface area contributed by atoms with Gasteiger partial charge in [0.05, 0.1) is 11.0 Å². The molecular formula is C15H8ClFN4. The number of nitrogens with zero attached hydrogens (tertiary/aromatic N) is 4. The predicted octanol–water partition coefficient (Wildman–Crippen LogP) is 3.74. The standard InChI is InChI=1S/C15H8ClFN4/c16-13-15-20-19-14(9-5-7-10(17)8-6-9)21(15)12-4-2-1-3-11(12)18-13/h1-8H. The van der Waals surface area contributed by atoms with E-state index in [1.807, 2.05) is 28.7 Å². The summed E-state index contributed by atoms with van der Waals surface area (Å²) >= 11 is 6.17. The molecule has 4 aromatic rings. The van der Waals surface area contributed by atoms with Crippen LogP contribution >= 0.6 is 11.6 Å². The molecule has 0 aliphatic carbocycles. The number of fused-ring (bicyclic) bond motifs is 3. The van der Waals surface area contributed by atoms with Crippen LogP contribution in [0.3, 0.4) is 0 Å². The Morgan fingerprint density at radius 1 is 0.952 bits per heavy atom. The smallest absolute Gasteiger partial charge is 0.199 e. The molecule has 21 heavy (non-hydrogen) atoms. The molecule has 0 saturated carbocycles. The summed E-state index contributed by atoms with van der Waals surface area (Å²) in [4.78, 5) is 4.31. The van der Waals surface area contributed by atoms with Crippen LogP contribution in [0.15, 0.2) is 48.5 Å². The first-order chi connectivity index (χ1) is 10.2. The Kier molecular flexibility index (Phi) is 2.62. The molecule has 4 rings (SSSR count). The lowest BCUT2D eigenvalue weighted by atomic mass is 10.2. The fraction of sp³-hybridized carbons (Fsp3) is 0. The molecule has 0 fully saturated rings. The van der Waals surface area contributed by atoms with Crippen molar-refractivity contribution in [2.75, 3.05) is 0 Å². The third-order valence-corrected chi connectivity index (χ3v) is 3.54. The van der Waals surface area contributed by atoms with Crippen molar-refractivity contribution in [2.45, 2.75) is 0 Å². The van der Waals surface area contributed by atoms with E-state index in [-0.39, 0.29) is 11.0 Å². The predicted molar refractivity (Wildman–Crippen MR) is 78.7 cm³/mol. The van der Waals surface area contributed by atoms with Gasteiger partial charge >= 0.3 is 0 Å². The number of benzene rings is 2. The number of para-hydroxylation sites is 2. The summed E-state index contributed by atoms with van der Waals surface area (Å²) in [6.07, 6.45) is 0. The van der Waals surface area contributed by atoms with Crippen molar-refractivity contribution in [3.63, 3.8) is 0 Å². The monoisotopic (exact) mass is 298 g/mol. The van der Waals surface area contributed by atoms with Gasteiger partial charge in [0.15, 0.2) is 16.6 Å². The second-order valence-electron chi connectivity index (χ2n) is 4.58. The summed E-state index contributed by atoms with van der Waals surface area (Å²) in [5.41, 5.74) is 2.84. The molecule has 0 amide bonds. The van der Waals surface area contributed by atoms with Gasteiger partial charge < -0.3 is 0 Å². The second-order valence-corrected chi connectivity index (χ2v) is 4.94. The van der Waals surface area contributed by atoms with Crippen LogP contribution in [0.4, 0.5) is 4.39 Å². The van der Waals surface area contributed by atoms with Crippen LogP contribution < -0.4 is 0 Å². The fourth-order valence-corrected chi connectivity index (χ4v) is 2.55. The van der Waals surface area contributed by atoms with Crippen LogP contribution in [0.5, 0.6) is 0 Å². The molecule has 0 unspecified atom stereocenters. The van der Waals surface area contributed by atoms with Gasteiger partial charge in [0.2, 0.25) is 0 Å². The Morgan fingerprint density at radius 2 is 1.71 bits per heavy atom. The third-order valence-electron chi connectivity index (χ3n) is 3.29. The minimum atomic E-state index is -0.294. The molecule has 102 valence electrons. The lowest BCUT2D eigenvalue weighted by Gasteiger charge is -2.05. The van der Waals surface area contributed by atoms with Gasteiger partial charge in [-0.25, -0.2) is 9.37 Å². The Labute approximate surface area is 123 Å². The summed E-state index contributed by atoms with van der Waals surface area (Å²) in [7, 11) is 0. The van der Waals surface area contributed by atoms with Crippen LogP contribution in [0.2, 0.25) is 5.15 Å². The first kappa shape index (κ1) is 12.2. The lowest BCUT2D eigenvalue weighted by molar-refractivity contribution is 0.628. The molecule has 6 heteroatoms. The quantitative estimate of drug-likeness (QED) is 0.538. The van der Waals surface area contributed by atoms with E-state index in [0.717, 1.165) is 16.6 Å². The summed E-state index contributed by atoms with van der Waals surface area (Å²) in [6.45, 7) is 0. The van der Waals surface area contributed by atoms with Crippen molar-refractivity contribution >= 4 is 28.3 Å². The van der Waals surface area contributed by atoms with E-state index in [0.29, 0.717) is 11.5 Å². The van der Waals surface area contributed by atoms with Crippen molar-refractivity contribution in [3.8, 4) is 11.4 Å². The molecule has 4 nitrogen and oxygen atoms in total. The van der Waals surface area contributed by atoms with Gasteiger partial charge in [0, 0.05) is 5.56 Å². The van der Waals surface area contributed by atoms with E-state index in [1.54, 1.807) is 12.1 Å². The van der Waals surface area contributed by atoms with E-state index < -0.39 is 0 Å². The van der Waals surface area contributed by atoms with Gasteiger partial charge in [0.1, 0.15) is 5.82 Å². The van der Waals surface area contributed by atoms with Gasteiger partial charge in [-0.3, -0.25) is 4.40 Å². The average molecular weight is 299 g/mol. The first-order valence-electron chi connectivity index (χ1n) is 6.29. The van der Waals surface area contributed by atoms with Gasteiger partial charge in [-0.2, -0.15) is 0 Å². The van der Waals surface area contributed by atoms with Gasteiger partial charge in [-0.15, -0.1) is 10.2 Å². The summed E-state index contributed by atoms with van der Waals surface area (Å²) < 4.78 is 14.9. The number of halogens is 2. The Balaban J connectivity index is 2.13. The largest absolute Gasteiger partial charge is 0.271 e. The minimum Gasteiger partial charge on any atom is -0.271 e. The Bertz CT molecular complexity index is 963. The molecule has 0 aliphatic heterocycles. The van der Waals surface area contributed by atoms with Crippen molar-refractivity contribution < 1.29 is 4.39 Å². The highest BCUT2D eigenvalue weighted by Crippen LogP contribution is 2.26. The molecule has 0 saturated heterocycles. The molecule has 0 aliphatic rings. The maximum atomic E-state index is 13.1. The van der Waals surface area contributed by atoms with Crippen LogP contribution in [-0.4, -0.2) is 19.6 Å². The second kappa shape index (κ2) is 4.49. The highest BCUT2D eigenvalue weighted by atomic mass is 35.5. The van der Waals surface area contributed by atoms with Crippen LogP contribution in [0.25, 0.3) is 28.1 Å². The van der Waals surface area contributed by atoms with E-state index in [2.05, 4.69) is 15.2 Å². The van der Waals surface area contributed by atoms with E-state index in [4.69, 9.17) is 11.6 Å². The highest BCUT2D eigenvalue weighted by Gasteiger charge is 2.14. The average Bonchev–Trinajstić information content (AvgIpc) is 2.94. The van der Waals surface area contributed by atoms with Crippen LogP contribution in [-0.2, 0) is 0 Å². The fourth-order valence-electron chi connectivity index (χ4n) is 2.34. The van der Waals surface area contributed by atoms with Crippen molar-refractivity contribution in [3.05, 3.63) is 59.5 Å². The topological polar surface area (TPSA) is 43.1 Å². The number of hydrogen-bond acceptors (Lipinski definition) is 3. The maximum Gasteiger partial charge on any atom is 0.199 e. The highest BCUT2D eigenvalue weighted by molar-refractivity contribution is 6.32. The van der Waals surface area contributed by atoms with Gasteiger partial charge in [-0.1, -0.05) is 23.7 Å². The summed E-state index contributed by atoms with van der Waals surface area (Å²) in [5, 5.41) is 8.55.